The highest BCUT2D eigenvalue weighted by Gasteiger charge is 2.77. The number of nitrogens with one attached hydrogen (secondary N) is 1. The van der Waals surface area contributed by atoms with Gasteiger partial charge in [-0.2, -0.15) is 0 Å². The van der Waals surface area contributed by atoms with Crippen LogP contribution in [-0.4, -0.2) is 63.1 Å². The molecule has 3 heterocycles. The third-order valence-electron chi connectivity index (χ3n) is 7.59. The molecule has 4 rings (SSSR count). The molecule has 1 aromatic rings. The van der Waals surface area contributed by atoms with Crippen LogP contribution in [0.2, 0.25) is 5.02 Å². The van der Waals surface area contributed by atoms with Crippen molar-refractivity contribution < 1.29 is 24.2 Å². The van der Waals surface area contributed by atoms with Gasteiger partial charge >= 0.3 is 5.97 Å². The summed E-state index contributed by atoms with van der Waals surface area (Å²) in [5, 5.41) is 12.6. The SMILES string of the molecule is CCOC(=O)[C@@H]1[C@H]2C(=O)N(CCCCCO)C(C(=O)Nc3c(C)cccc3Cl)C23CC[C@@]1(C)S3. The summed E-state index contributed by atoms with van der Waals surface area (Å²) in [5.41, 5.74) is 1.39. The molecule has 3 aliphatic rings. The van der Waals surface area contributed by atoms with Crippen LogP contribution in [0, 0.1) is 18.8 Å². The van der Waals surface area contributed by atoms with E-state index in [9.17, 15) is 14.4 Å². The fourth-order valence-electron chi connectivity index (χ4n) is 6.11. The fraction of sp³-hybridized carbons (Fsp3) is 0.640. The average molecular weight is 509 g/mol. The van der Waals surface area contributed by atoms with E-state index in [1.165, 1.54) is 0 Å². The van der Waals surface area contributed by atoms with Crippen LogP contribution in [0.3, 0.4) is 0 Å². The number of aliphatic hydroxyl groups is 1. The molecule has 7 nitrogen and oxygen atoms in total. The van der Waals surface area contributed by atoms with Gasteiger partial charge in [0.15, 0.2) is 0 Å². The molecule has 9 heteroatoms. The molecular weight excluding hydrogens is 476 g/mol. The van der Waals surface area contributed by atoms with Gasteiger partial charge in [-0.3, -0.25) is 14.4 Å². The summed E-state index contributed by atoms with van der Waals surface area (Å²) in [6, 6.07) is 4.73. The number of anilines is 1. The molecule has 0 aromatic heterocycles. The first-order valence-electron chi connectivity index (χ1n) is 12.0. The number of ether oxygens (including phenoxy) is 1. The number of unbranched alkanes of at least 4 members (excludes halogenated alkanes) is 2. The van der Waals surface area contributed by atoms with Gasteiger partial charge in [0.05, 0.1) is 33.9 Å². The Hall–Kier alpha value is -1.77. The van der Waals surface area contributed by atoms with Crippen LogP contribution in [0.25, 0.3) is 0 Å². The molecule has 0 saturated carbocycles. The summed E-state index contributed by atoms with van der Waals surface area (Å²) in [5.74, 6) is -1.92. The van der Waals surface area contributed by atoms with Gasteiger partial charge in [-0.1, -0.05) is 23.7 Å². The summed E-state index contributed by atoms with van der Waals surface area (Å²) in [6.45, 7) is 6.42. The van der Waals surface area contributed by atoms with Gasteiger partial charge < -0.3 is 20.1 Å². The van der Waals surface area contributed by atoms with Crippen LogP contribution >= 0.6 is 23.4 Å². The minimum absolute atomic E-state index is 0.0926. The standard InChI is InChI=1S/C25H33ClN2O5S/c1-4-33-23(32)18-17-22(31)28(13-6-5-7-14-29)20(25(17)12-11-24(18,3)34-25)21(30)27-19-15(2)9-8-10-16(19)26/h8-10,17-18,20,29H,4-7,11-14H2,1-3H3,(H,27,30)/t17-,18-,20?,24+,25?/m0/s1. The van der Waals surface area contributed by atoms with Crippen molar-refractivity contribution in [2.24, 2.45) is 11.8 Å². The summed E-state index contributed by atoms with van der Waals surface area (Å²) in [4.78, 5) is 42.4. The maximum atomic E-state index is 13.9. The van der Waals surface area contributed by atoms with Gasteiger partial charge in [0.1, 0.15) is 6.04 Å². The number of hydrogen-bond donors (Lipinski definition) is 2. The highest BCUT2D eigenvalue weighted by atomic mass is 35.5. The molecule has 3 fully saturated rings. The Morgan fingerprint density at radius 2 is 2.06 bits per heavy atom. The molecule has 2 bridgehead atoms. The lowest BCUT2D eigenvalue weighted by Crippen LogP contribution is -2.51. The number of likely N-dealkylation sites (tertiary alicyclic amines) is 1. The van der Waals surface area contributed by atoms with Crippen LogP contribution in [0.1, 0.15) is 51.5 Å². The van der Waals surface area contributed by atoms with Crippen LogP contribution in [-0.2, 0) is 19.1 Å². The minimum Gasteiger partial charge on any atom is -0.466 e. The zero-order valence-corrected chi connectivity index (χ0v) is 21.5. The average Bonchev–Trinajstić information content (AvgIpc) is 3.35. The second-order valence-electron chi connectivity index (χ2n) is 9.72. The van der Waals surface area contributed by atoms with Crippen molar-refractivity contribution in [3.8, 4) is 0 Å². The van der Waals surface area contributed by atoms with E-state index in [2.05, 4.69) is 5.32 Å². The number of para-hydroxylation sites is 1. The molecule has 0 radical (unpaired) electrons. The van der Waals surface area contributed by atoms with Gasteiger partial charge in [0.2, 0.25) is 11.8 Å². The number of aliphatic hydroxyl groups excluding tert-OH is 1. The minimum atomic E-state index is -0.707. The zero-order chi connectivity index (χ0) is 24.7. The lowest BCUT2D eigenvalue weighted by Gasteiger charge is -2.34. The lowest BCUT2D eigenvalue weighted by atomic mass is 9.66. The number of thioether (sulfide) groups is 1. The van der Waals surface area contributed by atoms with Crippen molar-refractivity contribution in [3.05, 3.63) is 28.8 Å². The number of benzene rings is 1. The molecule has 5 atom stereocenters. The highest BCUT2D eigenvalue weighted by molar-refractivity contribution is 8.02. The van der Waals surface area contributed by atoms with Crippen LogP contribution in [0.15, 0.2) is 18.2 Å². The first-order valence-corrected chi connectivity index (χ1v) is 13.2. The Morgan fingerprint density at radius 1 is 1.29 bits per heavy atom. The van der Waals surface area contributed by atoms with Crippen LogP contribution in [0.5, 0.6) is 0 Å². The molecular formula is C25H33ClN2O5S. The normalized spacial score (nSPS) is 31.6. The first-order chi connectivity index (χ1) is 16.2. The number of aryl methyl sites for hydroxylation is 1. The predicted octanol–water partition coefficient (Wildman–Crippen LogP) is 3.79. The van der Waals surface area contributed by atoms with Crippen LogP contribution < -0.4 is 5.32 Å². The van der Waals surface area contributed by atoms with Gasteiger partial charge in [-0.15, -0.1) is 11.8 Å². The number of halogens is 1. The molecule has 2 amide bonds. The maximum absolute atomic E-state index is 13.9. The number of fused-ring (bicyclic) bond motifs is 1. The number of carbonyl (C=O) groups is 3. The molecule has 0 aliphatic carbocycles. The zero-order valence-electron chi connectivity index (χ0n) is 19.9. The van der Waals surface area contributed by atoms with Gasteiger partial charge in [0, 0.05) is 17.9 Å². The number of carbonyl (C=O) groups excluding carboxylic acids is 3. The second-order valence-corrected chi connectivity index (χ2v) is 12.0. The topological polar surface area (TPSA) is 95.9 Å². The number of nitrogens with zero attached hydrogens (tertiary/aromatic N) is 1. The van der Waals surface area contributed by atoms with E-state index in [0.717, 1.165) is 18.4 Å². The fourth-order valence-corrected chi connectivity index (χ4v) is 8.72. The number of amides is 2. The Kier molecular flexibility index (Phi) is 7.23. The lowest BCUT2D eigenvalue weighted by molar-refractivity contribution is -0.155. The summed E-state index contributed by atoms with van der Waals surface area (Å²) in [7, 11) is 0. The van der Waals surface area contributed by atoms with Crippen molar-refractivity contribution in [3.63, 3.8) is 0 Å². The molecule has 3 aliphatic heterocycles. The second kappa shape index (κ2) is 9.70. The molecule has 1 spiro atoms. The largest absolute Gasteiger partial charge is 0.466 e. The molecule has 2 unspecified atom stereocenters. The van der Waals surface area contributed by atoms with E-state index >= 15 is 0 Å². The van der Waals surface area contributed by atoms with E-state index in [1.807, 2.05) is 26.0 Å². The number of hydrogen-bond acceptors (Lipinski definition) is 6. The third-order valence-corrected chi connectivity index (χ3v) is 9.89. The first kappa shape index (κ1) is 25.3. The summed E-state index contributed by atoms with van der Waals surface area (Å²) in [6.07, 6.45) is 3.51. The van der Waals surface area contributed by atoms with Crippen molar-refractivity contribution >= 4 is 46.8 Å². The molecule has 3 saturated heterocycles. The Labute approximate surface area is 209 Å². The van der Waals surface area contributed by atoms with Gasteiger partial charge in [-0.25, -0.2) is 0 Å². The van der Waals surface area contributed by atoms with E-state index in [0.29, 0.717) is 36.5 Å². The van der Waals surface area contributed by atoms with Crippen molar-refractivity contribution in [1.82, 2.24) is 4.90 Å². The van der Waals surface area contributed by atoms with Crippen molar-refractivity contribution in [2.45, 2.75) is 68.4 Å². The van der Waals surface area contributed by atoms with E-state index in [1.54, 1.807) is 29.7 Å². The Bertz CT molecular complexity index is 970. The van der Waals surface area contributed by atoms with E-state index in [4.69, 9.17) is 21.4 Å². The number of esters is 1. The predicted molar refractivity (Wildman–Crippen MR) is 133 cm³/mol. The summed E-state index contributed by atoms with van der Waals surface area (Å²) < 4.78 is 4.28. The van der Waals surface area contributed by atoms with E-state index in [-0.39, 0.29) is 31.0 Å². The van der Waals surface area contributed by atoms with Crippen molar-refractivity contribution in [2.75, 3.05) is 25.1 Å². The summed E-state index contributed by atoms with van der Waals surface area (Å²) >= 11 is 8.01. The third kappa shape index (κ3) is 4.01. The van der Waals surface area contributed by atoms with Crippen molar-refractivity contribution in [1.29, 1.82) is 0 Å². The monoisotopic (exact) mass is 508 g/mol. The highest BCUT2D eigenvalue weighted by Crippen LogP contribution is 2.71. The molecule has 186 valence electrons. The Balaban J connectivity index is 1.70. The molecule has 1 aromatic carbocycles. The Morgan fingerprint density at radius 3 is 2.74 bits per heavy atom. The van der Waals surface area contributed by atoms with Gasteiger partial charge in [-0.05, 0) is 64.5 Å². The smallest absolute Gasteiger partial charge is 0.311 e. The quantitative estimate of drug-likeness (QED) is 0.389. The molecule has 34 heavy (non-hydrogen) atoms. The van der Waals surface area contributed by atoms with E-state index < -0.39 is 27.4 Å². The number of rotatable bonds is 9. The maximum Gasteiger partial charge on any atom is 0.311 e. The van der Waals surface area contributed by atoms with Crippen LogP contribution in [0.4, 0.5) is 5.69 Å². The van der Waals surface area contributed by atoms with Gasteiger partial charge in [0.25, 0.3) is 0 Å². The molecule has 2 N–H and O–H groups in total.